The number of ether oxygens (including phenoxy) is 1. The molecule has 2 aliphatic rings. The first-order valence-electron chi connectivity index (χ1n) is 7.25. The highest BCUT2D eigenvalue weighted by Gasteiger charge is 2.47. The Labute approximate surface area is 139 Å². The molecule has 118 valence electrons. The zero-order chi connectivity index (χ0) is 16.6. The van der Waals surface area contributed by atoms with Crippen LogP contribution < -0.4 is 4.74 Å². The second-order valence-electron chi connectivity index (χ2n) is 6.00. The molecule has 1 N–H and O–H groups in total. The lowest BCUT2D eigenvalue weighted by Gasteiger charge is -2.45. The van der Waals surface area contributed by atoms with E-state index in [9.17, 15) is 5.11 Å². The van der Waals surface area contributed by atoms with E-state index in [0.29, 0.717) is 23.0 Å². The van der Waals surface area contributed by atoms with Gasteiger partial charge in [-0.3, -0.25) is 0 Å². The predicted molar refractivity (Wildman–Crippen MR) is 86.8 cm³/mol. The van der Waals surface area contributed by atoms with E-state index in [4.69, 9.17) is 15.3 Å². The molecule has 0 bridgehead atoms. The van der Waals surface area contributed by atoms with Crippen molar-refractivity contribution in [3.05, 3.63) is 29.3 Å². The first-order chi connectivity index (χ1) is 11.0. The van der Waals surface area contributed by atoms with Gasteiger partial charge in [-0.05, 0) is 32.0 Å². The number of hydrogen-bond donors (Lipinski definition) is 1. The highest BCUT2D eigenvalue weighted by Crippen LogP contribution is 2.45. The molecule has 0 spiro atoms. The first-order valence-corrected chi connectivity index (χ1v) is 8.24. The summed E-state index contributed by atoms with van der Waals surface area (Å²) in [6.07, 6.45) is 1.01. The minimum atomic E-state index is -0.813. The summed E-state index contributed by atoms with van der Waals surface area (Å²) in [5.41, 5.74) is 0.482. The molecular weight excluding hydrogens is 312 g/mol. The summed E-state index contributed by atoms with van der Waals surface area (Å²) < 4.78 is 5.92. The average molecular weight is 328 g/mol. The lowest BCUT2D eigenvalue weighted by molar-refractivity contribution is -0.0800. The number of nitrogens with zero attached hydrogens (tertiary/aromatic N) is 4. The zero-order valence-electron chi connectivity index (χ0n) is 12.9. The van der Waals surface area contributed by atoms with E-state index in [1.807, 2.05) is 24.9 Å². The average Bonchev–Trinajstić information content (AvgIpc) is 2.96. The Hall–Kier alpha value is -2.22. The first kappa shape index (κ1) is 15.7. The molecule has 1 aromatic carbocycles. The summed E-state index contributed by atoms with van der Waals surface area (Å²) in [7, 11) is 0. The summed E-state index contributed by atoms with van der Waals surface area (Å²) >= 11 is 1.49. The van der Waals surface area contributed by atoms with Crippen molar-refractivity contribution in [1.29, 1.82) is 10.5 Å². The summed E-state index contributed by atoms with van der Waals surface area (Å²) in [6.45, 7) is 4.34. The highest BCUT2D eigenvalue weighted by molar-refractivity contribution is 8.14. The number of nitriles is 2. The number of aliphatic hydroxyl groups excluding tert-OH is 1. The molecule has 0 radical (unpaired) electrons. The van der Waals surface area contributed by atoms with Gasteiger partial charge in [0.05, 0.1) is 17.7 Å². The van der Waals surface area contributed by atoms with Crippen LogP contribution in [0.2, 0.25) is 0 Å². The molecule has 0 aromatic heterocycles. The maximum Gasteiger partial charge on any atom is 0.208 e. The third-order valence-corrected chi connectivity index (χ3v) is 5.10. The molecular formula is C16H16N4O2S. The van der Waals surface area contributed by atoms with Crippen LogP contribution in [0.15, 0.2) is 23.2 Å². The van der Waals surface area contributed by atoms with Crippen LogP contribution in [0.25, 0.3) is 0 Å². The van der Waals surface area contributed by atoms with Crippen LogP contribution >= 0.6 is 11.8 Å². The third-order valence-electron chi connectivity index (χ3n) is 4.13. The van der Waals surface area contributed by atoms with Gasteiger partial charge in [-0.1, -0.05) is 11.8 Å². The van der Waals surface area contributed by atoms with E-state index < -0.39 is 17.7 Å². The molecule has 2 atom stereocenters. The van der Waals surface area contributed by atoms with Crippen molar-refractivity contribution in [2.75, 3.05) is 12.3 Å². The van der Waals surface area contributed by atoms with Crippen molar-refractivity contribution in [2.24, 2.45) is 4.99 Å². The molecule has 1 saturated heterocycles. The number of fused-ring (bicyclic) bond motifs is 1. The monoisotopic (exact) mass is 328 g/mol. The summed E-state index contributed by atoms with van der Waals surface area (Å²) in [6, 6.07) is 6.92. The second kappa shape index (κ2) is 5.77. The summed E-state index contributed by atoms with van der Waals surface area (Å²) in [4.78, 5) is 5.81. The van der Waals surface area contributed by atoms with Crippen LogP contribution in [0.1, 0.15) is 31.0 Å². The zero-order valence-corrected chi connectivity index (χ0v) is 13.7. The van der Waals surface area contributed by atoms with Crippen molar-refractivity contribution >= 4 is 16.9 Å². The fourth-order valence-electron chi connectivity index (χ4n) is 2.99. The SMILES string of the molecule is CC1(C)Oc2ccc(C#N)cc2C(N2CCSC2=NC#N)C1O. The van der Waals surface area contributed by atoms with Gasteiger partial charge < -0.3 is 14.7 Å². The highest BCUT2D eigenvalue weighted by atomic mass is 32.2. The van der Waals surface area contributed by atoms with Gasteiger partial charge in [-0.15, -0.1) is 4.99 Å². The fraction of sp³-hybridized carbons (Fsp3) is 0.438. The molecule has 0 saturated carbocycles. The Morgan fingerprint density at radius 1 is 1.43 bits per heavy atom. The largest absolute Gasteiger partial charge is 0.485 e. The van der Waals surface area contributed by atoms with Crippen LogP contribution in [-0.4, -0.2) is 39.2 Å². The van der Waals surface area contributed by atoms with Gasteiger partial charge in [0.15, 0.2) is 5.17 Å². The van der Waals surface area contributed by atoms with Crippen LogP contribution in [-0.2, 0) is 0 Å². The smallest absolute Gasteiger partial charge is 0.208 e. The quantitative estimate of drug-likeness (QED) is 0.793. The lowest BCUT2D eigenvalue weighted by atomic mass is 9.85. The third kappa shape index (κ3) is 2.63. The van der Waals surface area contributed by atoms with Crippen LogP contribution in [0.5, 0.6) is 5.75 Å². The van der Waals surface area contributed by atoms with Crippen LogP contribution in [0.4, 0.5) is 0 Å². The maximum absolute atomic E-state index is 10.9. The second-order valence-corrected chi connectivity index (χ2v) is 7.06. The van der Waals surface area contributed by atoms with E-state index in [-0.39, 0.29) is 0 Å². The Morgan fingerprint density at radius 3 is 2.91 bits per heavy atom. The fourth-order valence-corrected chi connectivity index (χ4v) is 3.93. The van der Waals surface area contributed by atoms with Gasteiger partial charge in [0.2, 0.25) is 6.19 Å². The van der Waals surface area contributed by atoms with Gasteiger partial charge in [0, 0.05) is 17.9 Å². The normalized spacial score (nSPS) is 27.0. The van der Waals surface area contributed by atoms with Gasteiger partial charge in [-0.2, -0.15) is 10.5 Å². The van der Waals surface area contributed by atoms with E-state index in [1.54, 1.807) is 18.2 Å². The van der Waals surface area contributed by atoms with E-state index in [2.05, 4.69) is 11.1 Å². The van der Waals surface area contributed by atoms with Crippen molar-refractivity contribution in [3.63, 3.8) is 0 Å². The Morgan fingerprint density at radius 2 is 2.22 bits per heavy atom. The molecule has 1 fully saturated rings. The molecule has 2 heterocycles. The number of rotatable bonds is 1. The summed E-state index contributed by atoms with van der Waals surface area (Å²) in [5, 5.41) is 29.5. The maximum atomic E-state index is 10.9. The minimum Gasteiger partial charge on any atom is -0.485 e. The number of benzene rings is 1. The lowest BCUT2D eigenvalue weighted by Crippen LogP contribution is -2.53. The minimum absolute atomic E-state index is 0.399. The van der Waals surface area contributed by atoms with Gasteiger partial charge in [0.1, 0.15) is 17.5 Å². The van der Waals surface area contributed by atoms with Crippen molar-refractivity contribution < 1.29 is 9.84 Å². The molecule has 3 rings (SSSR count). The van der Waals surface area contributed by atoms with E-state index in [0.717, 1.165) is 11.3 Å². The molecule has 0 amide bonds. The Kier molecular flexibility index (Phi) is 3.93. The standard InChI is InChI=1S/C16H16N4O2S/c1-16(2)14(21)13(20-5-6-23-15(20)19-9-18)11-7-10(8-17)3-4-12(11)22-16/h3-4,7,13-14,21H,5-6H2,1-2H3. The van der Waals surface area contributed by atoms with Crippen LogP contribution in [0, 0.1) is 22.8 Å². The number of hydrogen-bond acceptors (Lipinski definition) is 6. The Bertz CT molecular complexity index is 747. The molecule has 0 aliphatic carbocycles. The van der Waals surface area contributed by atoms with E-state index >= 15 is 0 Å². The molecule has 2 unspecified atom stereocenters. The number of aliphatic imine (C=N–C) groups is 1. The molecule has 23 heavy (non-hydrogen) atoms. The van der Waals surface area contributed by atoms with Gasteiger partial charge in [-0.25, -0.2) is 0 Å². The number of amidine groups is 1. The Balaban J connectivity index is 2.13. The number of aliphatic hydroxyl groups is 1. The molecule has 2 aliphatic heterocycles. The van der Waals surface area contributed by atoms with Crippen molar-refractivity contribution in [3.8, 4) is 18.0 Å². The van der Waals surface area contributed by atoms with Gasteiger partial charge >= 0.3 is 0 Å². The van der Waals surface area contributed by atoms with Crippen LogP contribution in [0.3, 0.4) is 0 Å². The van der Waals surface area contributed by atoms with E-state index in [1.165, 1.54) is 11.8 Å². The predicted octanol–water partition coefficient (Wildman–Crippen LogP) is 2.02. The summed E-state index contributed by atoms with van der Waals surface area (Å²) in [5.74, 6) is 1.45. The molecule has 1 aromatic rings. The van der Waals surface area contributed by atoms with Gasteiger partial charge in [0.25, 0.3) is 0 Å². The van der Waals surface area contributed by atoms with Crippen molar-refractivity contribution in [1.82, 2.24) is 4.90 Å². The van der Waals surface area contributed by atoms with Crippen molar-refractivity contribution in [2.45, 2.75) is 31.6 Å². The molecule has 6 nitrogen and oxygen atoms in total. The molecule has 7 heteroatoms. The topological polar surface area (TPSA) is 92.6 Å². The number of thioether (sulfide) groups is 1.